The van der Waals surface area contributed by atoms with Crippen molar-refractivity contribution in [2.75, 3.05) is 13.2 Å². The number of ether oxygens (including phenoxy) is 2. The molecule has 0 saturated carbocycles. The maximum atomic E-state index is 15.7. The van der Waals surface area contributed by atoms with Crippen LogP contribution in [0, 0.1) is 45.8 Å². The van der Waals surface area contributed by atoms with Gasteiger partial charge in [0, 0.05) is 34.6 Å². The molecule has 240 valence electrons. The van der Waals surface area contributed by atoms with E-state index in [4.69, 9.17) is 14.7 Å². The number of carbonyl (C=O) groups is 1. The van der Waals surface area contributed by atoms with Gasteiger partial charge in [-0.2, -0.15) is 5.26 Å². The van der Waals surface area contributed by atoms with Gasteiger partial charge in [-0.15, -0.1) is 0 Å². The van der Waals surface area contributed by atoms with E-state index < -0.39 is 64.1 Å². The summed E-state index contributed by atoms with van der Waals surface area (Å²) in [5, 5.41) is 18.4. The number of halogens is 5. The molecule has 1 N–H and O–H groups in total. The number of pyridine rings is 1. The number of hydrogen-bond donors (Lipinski definition) is 1. The summed E-state index contributed by atoms with van der Waals surface area (Å²) in [4.78, 5) is 20.1. The van der Waals surface area contributed by atoms with Crippen LogP contribution in [0.15, 0.2) is 54.6 Å². The van der Waals surface area contributed by atoms with Gasteiger partial charge in [0.2, 0.25) is 5.88 Å². The Bertz CT molecular complexity index is 2110. The average molecular weight is 649 g/mol. The van der Waals surface area contributed by atoms with Crippen LogP contribution in [0.1, 0.15) is 52.8 Å². The number of nitrogens with zero attached hydrogens (tertiary/aromatic N) is 4. The third kappa shape index (κ3) is 5.88. The molecule has 1 aliphatic rings. The van der Waals surface area contributed by atoms with Gasteiger partial charge in [0.05, 0.1) is 47.7 Å². The topological polar surface area (TPSA) is 110 Å². The van der Waals surface area contributed by atoms with Crippen LogP contribution in [0.2, 0.25) is 0 Å². The van der Waals surface area contributed by atoms with Crippen molar-refractivity contribution in [2.24, 2.45) is 5.41 Å². The molecule has 0 radical (unpaired) electrons. The van der Waals surface area contributed by atoms with E-state index in [9.17, 15) is 14.3 Å². The molecule has 1 atom stereocenters. The lowest BCUT2D eigenvalue weighted by molar-refractivity contribution is 0.0696. The number of hydrogen-bond acceptors (Lipinski definition) is 6. The molecule has 3 aromatic carbocycles. The molecule has 2 aromatic heterocycles. The Hall–Kier alpha value is -5.35. The minimum absolute atomic E-state index is 0.0153. The fourth-order valence-corrected chi connectivity index (χ4v) is 5.65. The monoisotopic (exact) mass is 648 g/mol. The molecule has 1 saturated heterocycles. The van der Waals surface area contributed by atoms with Gasteiger partial charge in [-0.25, -0.2) is 36.7 Å². The van der Waals surface area contributed by atoms with Crippen molar-refractivity contribution in [1.82, 2.24) is 14.5 Å². The van der Waals surface area contributed by atoms with Gasteiger partial charge in [-0.05, 0) is 36.4 Å². The number of benzene rings is 3. The lowest BCUT2D eigenvalue weighted by atomic mass is 9.87. The third-order valence-electron chi connectivity index (χ3n) is 8.18. The van der Waals surface area contributed by atoms with Crippen LogP contribution in [0.3, 0.4) is 0 Å². The van der Waals surface area contributed by atoms with Gasteiger partial charge in [-0.3, -0.25) is 0 Å². The second-order valence-corrected chi connectivity index (χ2v) is 11.8. The number of fused-ring (bicyclic) bond motifs is 1. The number of aromatic nitrogens is 3. The molecule has 6 rings (SSSR count). The second kappa shape index (κ2) is 12.1. The maximum absolute atomic E-state index is 15.7. The van der Waals surface area contributed by atoms with E-state index in [0.717, 1.165) is 18.2 Å². The predicted octanol–water partition coefficient (Wildman–Crippen LogP) is 7.13. The molecular weight excluding hydrogens is 623 g/mol. The van der Waals surface area contributed by atoms with Gasteiger partial charge >= 0.3 is 5.97 Å². The third-order valence-corrected chi connectivity index (χ3v) is 8.18. The van der Waals surface area contributed by atoms with Gasteiger partial charge in [0.25, 0.3) is 0 Å². The zero-order valence-electron chi connectivity index (χ0n) is 25.0. The first-order valence-corrected chi connectivity index (χ1v) is 14.3. The summed E-state index contributed by atoms with van der Waals surface area (Å²) in [5.74, 6) is -7.12. The predicted molar refractivity (Wildman–Crippen MR) is 158 cm³/mol. The Balaban J connectivity index is 1.36. The van der Waals surface area contributed by atoms with E-state index in [0.29, 0.717) is 6.61 Å². The van der Waals surface area contributed by atoms with Crippen molar-refractivity contribution in [3.63, 3.8) is 0 Å². The number of nitriles is 1. The van der Waals surface area contributed by atoms with E-state index in [-0.39, 0.29) is 58.3 Å². The van der Waals surface area contributed by atoms with Gasteiger partial charge < -0.3 is 19.1 Å². The molecule has 47 heavy (non-hydrogen) atoms. The van der Waals surface area contributed by atoms with E-state index in [2.05, 4.69) is 9.97 Å². The molecule has 13 heteroatoms. The van der Waals surface area contributed by atoms with Crippen LogP contribution in [0.25, 0.3) is 22.3 Å². The quantitative estimate of drug-likeness (QED) is 0.141. The Labute approximate surface area is 264 Å². The Morgan fingerprint density at radius 1 is 1.04 bits per heavy atom. The lowest BCUT2D eigenvalue weighted by Gasteiger charge is -2.28. The van der Waals surface area contributed by atoms with E-state index in [1.165, 1.54) is 41.0 Å². The summed E-state index contributed by atoms with van der Waals surface area (Å²) in [6, 6.07) is 12.1. The molecule has 8 nitrogen and oxygen atoms in total. The van der Waals surface area contributed by atoms with E-state index in [1.54, 1.807) is 0 Å². The Morgan fingerprint density at radius 2 is 1.83 bits per heavy atom. The van der Waals surface area contributed by atoms with E-state index in [1.807, 2.05) is 19.9 Å². The standard InChI is InChI=1S/C34H25F5N4O4/c1-34(2)16-46-15-27(34)43-26-10-19(33(44)45)9-24(37)32(26)42-28(43)12-20-23(36)11-21(31(39)30(20)38)25-4-3-5-29(41-25)47-14-18-7-6-17(13-40)8-22(18)35/h3-11,27H,12,14-16H2,1-2H3,(H,44,45)/t27-/m0/s1. The first kappa shape index (κ1) is 31.6. The molecule has 3 heterocycles. The highest BCUT2D eigenvalue weighted by Crippen LogP contribution is 2.41. The van der Waals surface area contributed by atoms with Crippen molar-refractivity contribution in [1.29, 1.82) is 5.26 Å². The van der Waals surface area contributed by atoms with Crippen LogP contribution < -0.4 is 4.74 Å². The Kier molecular flexibility index (Phi) is 8.15. The zero-order valence-corrected chi connectivity index (χ0v) is 25.0. The number of carboxylic acid groups (broad SMARTS) is 1. The highest BCUT2D eigenvalue weighted by Gasteiger charge is 2.39. The summed E-state index contributed by atoms with van der Waals surface area (Å²) in [6.07, 6.45) is -0.593. The molecule has 0 aliphatic carbocycles. The van der Waals surface area contributed by atoms with Crippen LogP contribution in [0.5, 0.6) is 5.88 Å². The Morgan fingerprint density at radius 3 is 2.51 bits per heavy atom. The molecule has 0 spiro atoms. The summed E-state index contributed by atoms with van der Waals surface area (Å²) < 4.78 is 89.0. The molecule has 5 aromatic rings. The number of rotatable bonds is 8. The van der Waals surface area contributed by atoms with Crippen molar-refractivity contribution in [2.45, 2.75) is 32.9 Å². The molecule has 0 unspecified atom stereocenters. The molecular formula is C34H25F5N4O4. The first-order valence-electron chi connectivity index (χ1n) is 14.3. The zero-order chi connectivity index (χ0) is 33.6. The van der Waals surface area contributed by atoms with Crippen LogP contribution in [-0.4, -0.2) is 38.8 Å². The number of imidazole rings is 1. The summed E-state index contributed by atoms with van der Waals surface area (Å²) in [6.45, 7) is 3.92. The smallest absolute Gasteiger partial charge is 0.335 e. The minimum atomic E-state index is -1.51. The first-order chi connectivity index (χ1) is 22.4. The molecule has 0 bridgehead atoms. The average Bonchev–Trinajstić information content (AvgIpc) is 3.58. The van der Waals surface area contributed by atoms with Crippen molar-refractivity contribution in [3.8, 4) is 23.2 Å². The number of carboxylic acids is 1. The molecule has 1 fully saturated rings. The maximum Gasteiger partial charge on any atom is 0.335 e. The minimum Gasteiger partial charge on any atom is -0.478 e. The van der Waals surface area contributed by atoms with Crippen molar-refractivity contribution >= 4 is 17.0 Å². The van der Waals surface area contributed by atoms with E-state index >= 15 is 17.6 Å². The van der Waals surface area contributed by atoms with Crippen LogP contribution >= 0.6 is 0 Å². The van der Waals surface area contributed by atoms with Gasteiger partial charge in [0.1, 0.15) is 29.6 Å². The highest BCUT2D eigenvalue weighted by molar-refractivity contribution is 5.93. The van der Waals surface area contributed by atoms with Crippen molar-refractivity contribution in [3.05, 3.63) is 112 Å². The summed E-state index contributed by atoms with van der Waals surface area (Å²) in [7, 11) is 0. The van der Waals surface area contributed by atoms with Gasteiger partial charge in [0.15, 0.2) is 17.5 Å². The summed E-state index contributed by atoms with van der Waals surface area (Å²) >= 11 is 0. The number of aromatic carboxylic acids is 1. The fourth-order valence-electron chi connectivity index (χ4n) is 5.65. The van der Waals surface area contributed by atoms with Crippen LogP contribution in [-0.2, 0) is 17.8 Å². The SMILES string of the molecule is CC1(C)COC[C@@H]1n1c(Cc2c(F)cc(-c3cccc(OCc4ccc(C#N)cc4F)n3)c(F)c2F)nc2c(F)cc(C(=O)O)cc21. The largest absolute Gasteiger partial charge is 0.478 e. The lowest BCUT2D eigenvalue weighted by Crippen LogP contribution is -2.27. The molecule has 0 amide bonds. The van der Waals surface area contributed by atoms with Crippen molar-refractivity contribution < 1.29 is 41.3 Å². The normalized spacial score (nSPS) is 15.6. The summed E-state index contributed by atoms with van der Waals surface area (Å²) in [5.41, 5.74) is -2.08. The second-order valence-electron chi connectivity index (χ2n) is 11.8. The molecule has 1 aliphatic heterocycles. The van der Waals surface area contributed by atoms with Crippen LogP contribution in [0.4, 0.5) is 22.0 Å². The fraction of sp³-hybridized carbons (Fsp3) is 0.235. The highest BCUT2D eigenvalue weighted by atomic mass is 19.2. The van der Waals surface area contributed by atoms with Gasteiger partial charge in [-0.1, -0.05) is 26.0 Å².